The number of hydrogen-bond donors (Lipinski definition) is 5. The Kier molecular flexibility index (Phi) is 8.47. The Morgan fingerprint density at radius 3 is 2.61 bits per heavy atom. The van der Waals surface area contributed by atoms with Crippen molar-refractivity contribution in [3.05, 3.63) is 75.0 Å². The number of carbonyl (C=O) groups is 4. The summed E-state index contributed by atoms with van der Waals surface area (Å²) in [5.74, 6) is -1.32. The second-order valence-electron chi connectivity index (χ2n) is 16.6. The Labute approximate surface area is 339 Å². The van der Waals surface area contributed by atoms with Crippen molar-refractivity contribution in [2.45, 2.75) is 75.0 Å². The first kappa shape index (κ1) is 37.7. The van der Waals surface area contributed by atoms with E-state index in [1.54, 1.807) is 6.92 Å². The van der Waals surface area contributed by atoms with Crippen LogP contribution >= 0.6 is 0 Å². The zero-order valence-electron chi connectivity index (χ0n) is 33.3. The number of aryl methyl sites for hydroxylation is 1. The number of phenols is 1. The number of piperazine rings is 1. The summed E-state index contributed by atoms with van der Waals surface area (Å²) >= 11 is 0. The average molecular weight is 807 g/mol. The fourth-order valence-electron chi connectivity index (χ4n) is 11.4. The number of para-hydroxylation sites is 1. The highest BCUT2D eigenvalue weighted by molar-refractivity contribution is 5.91. The number of aromatic nitrogens is 1. The summed E-state index contributed by atoms with van der Waals surface area (Å²) in [6.07, 6.45) is 2.26. The minimum Gasteiger partial charge on any atom is -0.504 e. The standard InChI is InChI=1S/C43H46N6O10/c1-19-12-22-13-27-32(23(14-50)15-51)49-34(33(48(27)4)28(22)35(53)36(19)55-5)31-29-30(39-38(57-18-58-39)20(2)37(29)59-21(3)52)43(49,44)17-56-41(54)42(16-45-31)40-25(10-11-46-42)24-8-6-7-9-26(24)47-40/h6-9,12,14-15,23,27,31-34,45-47,53H,10-11,13,16-18,44H2,1-5H3/t27-,31-,32-,33+,34-,42+,43-/m0/s1. The number of rotatable bonds is 5. The van der Waals surface area contributed by atoms with Crippen LogP contribution < -0.4 is 35.3 Å². The van der Waals surface area contributed by atoms with Crippen molar-refractivity contribution < 1.29 is 48.0 Å². The predicted octanol–water partition coefficient (Wildman–Crippen LogP) is 2.17. The Morgan fingerprint density at radius 2 is 1.86 bits per heavy atom. The molecule has 0 aliphatic carbocycles. The van der Waals surface area contributed by atoms with E-state index in [0.717, 1.165) is 27.6 Å². The monoisotopic (exact) mass is 806 g/mol. The van der Waals surface area contributed by atoms with Crippen LogP contribution in [0.1, 0.15) is 63.6 Å². The van der Waals surface area contributed by atoms with Crippen LogP contribution in [0.15, 0.2) is 30.3 Å². The molecule has 0 amide bonds. The molecule has 1 spiro atoms. The molecule has 7 atom stereocenters. The number of nitrogens with zero attached hydrogens (tertiary/aromatic N) is 2. The fraction of sp³-hybridized carbons (Fsp3) is 0.442. The first-order valence-electron chi connectivity index (χ1n) is 19.9. The van der Waals surface area contributed by atoms with Crippen LogP contribution in [-0.2, 0) is 48.0 Å². The molecule has 11 rings (SSSR count). The fourth-order valence-corrected chi connectivity index (χ4v) is 11.4. The number of aldehydes is 2. The number of aromatic hydroxyl groups is 1. The van der Waals surface area contributed by atoms with Gasteiger partial charge in [0.1, 0.15) is 30.6 Å². The van der Waals surface area contributed by atoms with Gasteiger partial charge < -0.3 is 54.4 Å². The van der Waals surface area contributed by atoms with Gasteiger partial charge in [-0.1, -0.05) is 24.3 Å². The van der Waals surface area contributed by atoms with Gasteiger partial charge in [-0.25, -0.2) is 4.79 Å². The lowest BCUT2D eigenvalue weighted by Crippen LogP contribution is -2.79. The number of H-pyrrole nitrogens is 1. The molecule has 7 aliphatic heterocycles. The van der Waals surface area contributed by atoms with Crippen molar-refractivity contribution in [2.24, 2.45) is 11.7 Å². The summed E-state index contributed by atoms with van der Waals surface area (Å²) in [4.78, 5) is 61.9. The smallest absolute Gasteiger partial charge is 0.334 e. The van der Waals surface area contributed by atoms with E-state index in [0.29, 0.717) is 71.4 Å². The number of phenolic OH excluding ortho intramolecular Hbond substituents is 1. The van der Waals surface area contributed by atoms with Crippen LogP contribution in [0.3, 0.4) is 0 Å². The third kappa shape index (κ3) is 4.94. The summed E-state index contributed by atoms with van der Waals surface area (Å²) < 4.78 is 30.7. The molecule has 0 radical (unpaired) electrons. The molecule has 16 nitrogen and oxygen atoms in total. The van der Waals surface area contributed by atoms with Gasteiger partial charge in [-0.15, -0.1) is 0 Å². The van der Waals surface area contributed by atoms with Crippen LogP contribution in [0.4, 0.5) is 0 Å². The van der Waals surface area contributed by atoms with Gasteiger partial charge in [0.05, 0.1) is 36.8 Å². The summed E-state index contributed by atoms with van der Waals surface area (Å²) in [6, 6.07) is 6.11. The Morgan fingerprint density at radius 1 is 1.10 bits per heavy atom. The van der Waals surface area contributed by atoms with Crippen molar-refractivity contribution >= 4 is 35.4 Å². The number of hydrogen-bond acceptors (Lipinski definition) is 15. The number of esters is 2. The van der Waals surface area contributed by atoms with Crippen LogP contribution in [0.5, 0.6) is 28.7 Å². The Hall–Kier alpha value is -5.52. The molecule has 0 saturated carbocycles. The van der Waals surface area contributed by atoms with Crippen molar-refractivity contribution in [3.8, 4) is 28.7 Å². The van der Waals surface area contributed by atoms with E-state index in [-0.39, 0.29) is 30.6 Å². The van der Waals surface area contributed by atoms with Crippen LogP contribution in [0.25, 0.3) is 10.9 Å². The number of nitrogens with two attached hydrogens (primary N) is 1. The van der Waals surface area contributed by atoms with Gasteiger partial charge in [-0.05, 0) is 56.5 Å². The minimum atomic E-state index is -1.85. The molecule has 308 valence electrons. The van der Waals surface area contributed by atoms with Gasteiger partial charge in [0.15, 0.2) is 28.5 Å². The zero-order valence-corrected chi connectivity index (χ0v) is 33.3. The SMILES string of the molecule is COc1c(C)cc2c(c1O)[C@@H]1[C@@H]3[C@H]4NC[C@]5(NCCc6c5[nH]c5ccccc65)C(=O)OC[C@@](N)(c5c6c(c(C)c(OC(C)=O)c54)OCO6)N3[C@@H](C(C=O)C=O)[C@H](C2)N1C. The van der Waals surface area contributed by atoms with E-state index >= 15 is 4.79 Å². The molecular formula is C43H46N6O10. The number of methoxy groups -OCH3 is 1. The third-order valence-electron chi connectivity index (χ3n) is 13.8. The van der Waals surface area contributed by atoms with Gasteiger partial charge in [-0.2, -0.15) is 0 Å². The van der Waals surface area contributed by atoms with Crippen LogP contribution in [-0.4, -0.2) is 103 Å². The number of ether oxygens (including phenoxy) is 5. The second-order valence-corrected chi connectivity index (χ2v) is 16.6. The number of fused-ring (bicyclic) bond motifs is 11. The van der Waals surface area contributed by atoms with Crippen molar-refractivity contribution in [3.63, 3.8) is 0 Å². The van der Waals surface area contributed by atoms with Crippen molar-refractivity contribution in [2.75, 3.05) is 40.6 Å². The summed E-state index contributed by atoms with van der Waals surface area (Å²) in [7, 11) is 3.42. The maximum absolute atomic E-state index is 15.0. The Bertz CT molecular complexity index is 2500. The molecule has 8 heterocycles. The average Bonchev–Trinajstić information content (AvgIpc) is 3.86. The van der Waals surface area contributed by atoms with Gasteiger partial charge in [-0.3, -0.25) is 19.9 Å². The molecule has 4 bridgehead atoms. The summed E-state index contributed by atoms with van der Waals surface area (Å²) in [5.41, 5.74) is 10.6. The maximum Gasteiger partial charge on any atom is 0.334 e. The number of carbonyl (C=O) groups excluding carboxylic acids is 4. The van der Waals surface area contributed by atoms with Crippen molar-refractivity contribution in [1.82, 2.24) is 25.4 Å². The number of nitrogens with one attached hydrogen (secondary N) is 3. The van der Waals surface area contributed by atoms with Gasteiger partial charge in [0, 0.05) is 65.3 Å². The molecule has 7 aliphatic rings. The van der Waals surface area contributed by atoms with Crippen LogP contribution in [0, 0.1) is 19.8 Å². The summed E-state index contributed by atoms with van der Waals surface area (Å²) in [6.45, 7) is 4.73. The van der Waals surface area contributed by atoms with Gasteiger partial charge in [0.25, 0.3) is 0 Å². The third-order valence-corrected chi connectivity index (χ3v) is 13.8. The highest BCUT2D eigenvalue weighted by Crippen LogP contribution is 2.62. The number of benzene rings is 3. The lowest BCUT2D eigenvalue weighted by Gasteiger charge is -2.66. The van der Waals surface area contributed by atoms with Gasteiger partial charge in [0.2, 0.25) is 6.79 Å². The highest BCUT2D eigenvalue weighted by atomic mass is 16.7. The molecular weight excluding hydrogens is 761 g/mol. The largest absolute Gasteiger partial charge is 0.504 e. The lowest BCUT2D eigenvalue weighted by molar-refractivity contribution is -0.186. The topological polar surface area (TPSA) is 207 Å². The predicted molar refractivity (Wildman–Crippen MR) is 210 cm³/mol. The maximum atomic E-state index is 15.0. The molecule has 2 fully saturated rings. The molecule has 0 unspecified atom stereocenters. The lowest BCUT2D eigenvalue weighted by atomic mass is 9.66. The van der Waals surface area contributed by atoms with E-state index in [4.69, 9.17) is 29.4 Å². The normalized spacial score (nSPS) is 29.3. The molecule has 59 heavy (non-hydrogen) atoms. The van der Waals surface area contributed by atoms with E-state index in [9.17, 15) is 19.5 Å². The first-order chi connectivity index (χ1) is 28.4. The molecule has 4 aromatic rings. The Balaban J connectivity index is 1.30. The minimum absolute atomic E-state index is 0.0317. The quantitative estimate of drug-likeness (QED) is 0.0848. The molecule has 3 aromatic carbocycles. The second kappa shape index (κ2) is 13.2. The van der Waals surface area contributed by atoms with E-state index in [1.165, 1.54) is 14.0 Å². The van der Waals surface area contributed by atoms with E-state index in [2.05, 4.69) is 20.5 Å². The van der Waals surface area contributed by atoms with E-state index in [1.807, 2.05) is 49.2 Å². The van der Waals surface area contributed by atoms with E-state index < -0.39 is 65.9 Å². The molecule has 2 saturated heterocycles. The number of aromatic amines is 1. The van der Waals surface area contributed by atoms with Crippen LogP contribution in [0.2, 0.25) is 0 Å². The molecule has 6 N–H and O–H groups in total. The van der Waals surface area contributed by atoms with Gasteiger partial charge >= 0.3 is 11.9 Å². The molecule has 1 aromatic heterocycles. The molecule has 16 heteroatoms. The first-order valence-corrected chi connectivity index (χ1v) is 19.9. The highest BCUT2D eigenvalue weighted by Gasteiger charge is 2.66. The van der Waals surface area contributed by atoms with Crippen molar-refractivity contribution in [1.29, 1.82) is 0 Å². The summed E-state index contributed by atoms with van der Waals surface area (Å²) in [5, 5.41) is 20.5. The number of likely N-dealkylation sites (N-methyl/N-ethyl adjacent to an activating group) is 1. The zero-order chi connectivity index (χ0) is 41.3.